The second-order valence-corrected chi connectivity index (χ2v) is 13.6. The molecule has 24 heteroatoms. The fourth-order valence-corrected chi connectivity index (χ4v) is 5.15. The molecule has 8 amide bonds. The Bertz CT molecular complexity index is 1500. The van der Waals surface area contributed by atoms with Crippen LogP contribution in [0.4, 0.5) is 0 Å². The van der Waals surface area contributed by atoms with Crippen molar-refractivity contribution in [2.24, 2.45) is 22.4 Å². The normalized spacial score (nSPS) is 15.9. The molecule has 320 valence electrons. The van der Waals surface area contributed by atoms with Gasteiger partial charge in [-0.25, -0.2) is 4.79 Å². The van der Waals surface area contributed by atoms with E-state index < -0.39 is 116 Å². The van der Waals surface area contributed by atoms with Gasteiger partial charge in [-0.3, -0.25) is 48.1 Å². The minimum absolute atomic E-state index is 0.0384. The zero-order chi connectivity index (χ0) is 43.2. The van der Waals surface area contributed by atoms with Crippen LogP contribution in [-0.4, -0.2) is 144 Å². The summed E-state index contributed by atoms with van der Waals surface area (Å²) in [6.45, 7) is 4.91. The lowest BCUT2D eigenvalue weighted by Crippen LogP contribution is -2.57. The molecule has 0 saturated carbocycles. The van der Waals surface area contributed by atoms with Crippen molar-refractivity contribution in [3.63, 3.8) is 0 Å². The van der Waals surface area contributed by atoms with E-state index in [1.165, 1.54) is 13.8 Å². The molecule has 57 heavy (non-hydrogen) atoms. The first kappa shape index (κ1) is 48.9. The van der Waals surface area contributed by atoms with E-state index in [4.69, 9.17) is 11.5 Å². The third-order valence-corrected chi connectivity index (χ3v) is 8.12. The van der Waals surface area contributed by atoms with Crippen molar-refractivity contribution in [1.82, 2.24) is 47.9 Å². The number of guanidine groups is 1. The zero-order valence-electron chi connectivity index (χ0n) is 32.4. The summed E-state index contributed by atoms with van der Waals surface area (Å²) in [6, 6.07) is -6.76. The van der Waals surface area contributed by atoms with E-state index in [2.05, 4.69) is 52.8 Å². The van der Waals surface area contributed by atoms with Gasteiger partial charge in [0.1, 0.15) is 30.2 Å². The SMILES string of the molecule is CC(C)C[C@H](NC(=O)CNC(=O)CNC(=O)[C@H](CC(=O)O)NC(=O)CNC(=O)[C@H](CCCN=C(N)N)NC(=O)[C@H](C)NC(=O)[C@H](C)NC(=O)[C@@H]1CCCN1)C(=O)O. The topological polar surface area (TPSA) is 384 Å². The number of hydrogen-bond acceptors (Lipinski definition) is 12. The van der Waals surface area contributed by atoms with Crippen LogP contribution < -0.4 is 59.3 Å². The highest BCUT2D eigenvalue weighted by Gasteiger charge is 2.29. The minimum atomic E-state index is -1.71. The first-order valence-corrected chi connectivity index (χ1v) is 18.2. The van der Waals surface area contributed by atoms with Crippen LogP contribution in [0.1, 0.15) is 66.2 Å². The lowest BCUT2D eigenvalue weighted by Gasteiger charge is -2.23. The van der Waals surface area contributed by atoms with Gasteiger partial charge in [-0.05, 0) is 58.4 Å². The number of rotatable bonds is 25. The van der Waals surface area contributed by atoms with Gasteiger partial charge in [0.05, 0.1) is 32.1 Å². The van der Waals surface area contributed by atoms with E-state index in [0.29, 0.717) is 13.0 Å². The van der Waals surface area contributed by atoms with Crippen LogP contribution >= 0.6 is 0 Å². The maximum Gasteiger partial charge on any atom is 0.326 e. The molecule has 0 bridgehead atoms. The lowest BCUT2D eigenvalue weighted by atomic mass is 10.0. The van der Waals surface area contributed by atoms with Gasteiger partial charge in [0.15, 0.2) is 5.96 Å². The molecule has 0 aromatic heterocycles. The van der Waals surface area contributed by atoms with E-state index >= 15 is 0 Å². The molecule has 1 fully saturated rings. The van der Waals surface area contributed by atoms with Gasteiger partial charge >= 0.3 is 11.9 Å². The Kier molecular flexibility index (Phi) is 21.6. The Balaban J connectivity index is 2.77. The van der Waals surface area contributed by atoms with Crippen molar-refractivity contribution < 1.29 is 58.2 Å². The average molecular weight is 813 g/mol. The van der Waals surface area contributed by atoms with E-state index in [-0.39, 0.29) is 43.6 Å². The van der Waals surface area contributed by atoms with Gasteiger partial charge in [-0.2, -0.15) is 0 Å². The number of carboxylic acids is 2. The predicted octanol–water partition coefficient (Wildman–Crippen LogP) is -5.79. The van der Waals surface area contributed by atoms with E-state index in [0.717, 1.165) is 6.42 Å². The minimum Gasteiger partial charge on any atom is -0.481 e. The number of hydrogen-bond donors (Lipinski definition) is 13. The fraction of sp³-hybridized carbons (Fsp3) is 0.667. The van der Waals surface area contributed by atoms with Crippen molar-refractivity contribution in [3.05, 3.63) is 0 Å². The van der Waals surface area contributed by atoms with Crippen molar-refractivity contribution in [3.8, 4) is 0 Å². The number of aliphatic carboxylic acids is 2. The molecule has 0 radical (unpaired) electrons. The third-order valence-electron chi connectivity index (χ3n) is 8.12. The van der Waals surface area contributed by atoms with E-state index in [1.807, 2.05) is 0 Å². The number of amides is 8. The number of carbonyl (C=O) groups excluding carboxylic acids is 8. The molecule has 0 aliphatic carbocycles. The van der Waals surface area contributed by atoms with Crippen LogP contribution in [0.2, 0.25) is 0 Å². The van der Waals surface area contributed by atoms with Crippen molar-refractivity contribution in [2.75, 3.05) is 32.7 Å². The molecular formula is C33H56N12O12. The molecule has 1 rings (SSSR count). The molecule has 0 spiro atoms. The fourth-order valence-electron chi connectivity index (χ4n) is 5.15. The van der Waals surface area contributed by atoms with Crippen LogP contribution in [0.3, 0.4) is 0 Å². The second kappa shape index (κ2) is 25.2. The summed E-state index contributed by atoms with van der Waals surface area (Å²) in [5, 5.41) is 40.0. The zero-order valence-corrected chi connectivity index (χ0v) is 32.4. The monoisotopic (exact) mass is 812 g/mol. The van der Waals surface area contributed by atoms with Gasteiger partial charge in [0.25, 0.3) is 0 Å². The number of nitrogens with two attached hydrogens (primary N) is 2. The molecular weight excluding hydrogens is 756 g/mol. The molecule has 1 aliphatic heterocycles. The molecule has 0 aromatic rings. The number of carboxylic acid groups (broad SMARTS) is 2. The predicted molar refractivity (Wildman–Crippen MR) is 200 cm³/mol. The molecule has 1 heterocycles. The Morgan fingerprint density at radius 3 is 1.77 bits per heavy atom. The summed E-state index contributed by atoms with van der Waals surface area (Å²) in [4.78, 5) is 127. The summed E-state index contributed by atoms with van der Waals surface area (Å²) in [7, 11) is 0. The summed E-state index contributed by atoms with van der Waals surface area (Å²) in [5.74, 6) is -9.50. The molecule has 1 saturated heterocycles. The first-order chi connectivity index (χ1) is 26.7. The van der Waals surface area contributed by atoms with Crippen LogP contribution in [0.15, 0.2) is 4.99 Å². The Morgan fingerprint density at radius 1 is 0.684 bits per heavy atom. The van der Waals surface area contributed by atoms with E-state index in [1.54, 1.807) is 13.8 Å². The van der Waals surface area contributed by atoms with E-state index in [9.17, 15) is 58.2 Å². The molecule has 6 atom stereocenters. The first-order valence-electron chi connectivity index (χ1n) is 18.2. The largest absolute Gasteiger partial charge is 0.481 e. The summed E-state index contributed by atoms with van der Waals surface area (Å²) in [5.41, 5.74) is 10.7. The van der Waals surface area contributed by atoms with Gasteiger partial charge in [0.2, 0.25) is 47.3 Å². The van der Waals surface area contributed by atoms with Crippen LogP contribution in [0.5, 0.6) is 0 Å². The Morgan fingerprint density at radius 2 is 1.23 bits per heavy atom. The molecule has 24 nitrogen and oxygen atoms in total. The van der Waals surface area contributed by atoms with Crippen LogP contribution in [0.25, 0.3) is 0 Å². The standard InChI is InChI=1S/C33H56N12O12/c1-16(2)11-22(32(56)57)44-24(47)14-38-23(46)13-39-30(54)21(12-26(49)50)43-25(48)15-40-29(53)20(8-6-10-37-33(34)35)45-28(52)18(4)41-27(51)17(3)42-31(55)19-7-5-9-36-19/h16-22,36H,5-15H2,1-4H3,(H,38,46)(H,39,54)(H,40,53)(H,41,51)(H,42,55)(H,43,48)(H,44,47)(H,45,52)(H,49,50)(H,56,57)(H4,34,35,37)/t17-,18-,19-,20-,21-,22-/m0/s1. The summed E-state index contributed by atoms with van der Waals surface area (Å²) >= 11 is 0. The van der Waals surface area contributed by atoms with Gasteiger partial charge in [0, 0.05) is 6.54 Å². The van der Waals surface area contributed by atoms with Crippen molar-refractivity contribution in [2.45, 2.75) is 102 Å². The maximum absolute atomic E-state index is 13.1. The maximum atomic E-state index is 13.1. The van der Waals surface area contributed by atoms with Gasteiger partial charge in [-0.15, -0.1) is 0 Å². The second-order valence-electron chi connectivity index (χ2n) is 13.6. The number of carbonyl (C=O) groups is 10. The molecule has 15 N–H and O–H groups in total. The van der Waals surface area contributed by atoms with Crippen LogP contribution in [-0.2, 0) is 47.9 Å². The highest BCUT2D eigenvalue weighted by Crippen LogP contribution is 2.06. The Labute approximate surface area is 328 Å². The quantitative estimate of drug-likeness (QED) is 0.0232. The highest BCUT2D eigenvalue weighted by molar-refractivity contribution is 5.97. The summed E-state index contributed by atoms with van der Waals surface area (Å²) < 4.78 is 0. The number of nitrogens with one attached hydrogen (secondary N) is 9. The molecule has 1 aliphatic rings. The highest BCUT2D eigenvalue weighted by atomic mass is 16.4. The number of nitrogens with zero attached hydrogens (tertiary/aromatic N) is 1. The number of aliphatic imine (C=N–C) groups is 1. The van der Waals surface area contributed by atoms with Gasteiger partial charge in [-0.1, -0.05) is 13.8 Å². The van der Waals surface area contributed by atoms with Gasteiger partial charge < -0.3 is 69.5 Å². The Hall–Kier alpha value is -6.07. The van der Waals surface area contributed by atoms with Crippen molar-refractivity contribution in [1.29, 1.82) is 0 Å². The molecule has 0 aromatic carbocycles. The average Bonchev–Trinajstić information content (AvgIpc) is 3.67. The summed E-state index contributed by atoms with van der Waals surface area (Å²) in [6.07, 6.45) is 0.802. The lowest BCUT2D eigenvalue weighted by molar-refractivity contribution is -0.142. The van der Waals surface area contributed by atoms with Crippen molar-refractivity contribution >= 4 is 65.2 Å². The smallest absolute Gasteiger partial charge is 0.326 e. The molecule has 0 unspecified atom stereocenters. The van der Waals surface area contributed by atoms with Crippen LogP contribution in [0, 0.1) is 5.92 Å². The third kappa shape index (κ3) is 20.4.